The summed E-state index contributed by atoms with van der Waals surface area (Å²) in [5, 5.41) is 4.42. The molecular weight excluding hydrogens is 757 g/mol. The van der Waals surface area contributed by atoms with Crippen molar-refractivity contribution in [3.63, 3.8) is 0 Å². The van der Waals surface area contributed by atoms with Crippen LogP contribution in [0.3, 0.4) is 0 Å². The fraction of sp³-hybridized carbons (Fsp3) is 0. The summed E-state index contributed by atoms with van der Waals surface area (Å²) >= 11 is 0. The highest BCUT2D eigenvalue weighted by atomic mass is 16.3. The molecule has 0 bridgehead atoms. The van der Waals surface area contributed by atoms with Crippen LogP contribution in [0.4, 0.5) is 0 Å². The van der Waals surface area contributed by atoms with E-state index in [1.165, 1.54) is 16.3 Å². The largest absolute Gasteiger partial charge is 0.455 e. The molecule has 0 aliphatic carbocycles. The standard InChI is InChI=1S/C57H36N4O/c1-6-18-37(19-7-1)42-34-48(38-20-8-2-9-21-38)53-49(35-42)52-44(41-30-31-46-45-28-16-17-29-50(45)61(51(46)36-41)43-26-14-5-15-27-43)32-33-47(54(52)62-53)57-59-55(39-22-10-3-11-23-39)58-56(60-57)40-24-12-4-13-25-40/h1-36H. The first-order valence-corrected chi connectivity index (χ1v) is 20.9. The van der Waals surface area contributed by atoms with Gasteiger partial charge in [0.25, 0.3) is 0 Å². The van der Waals surface area contributed by atoms with Gasteiger partial charge in [-0.05, 0) is 70.3 Å². The van der Waals surface area contributed by atoms with Crippen LogP contribution in [0.25, 0.3) is 117 Å². The third kappa shape index (κ3) is 5.98. The number of para-hydroxylation sites is 2. The number of benzene rings is 9. The summed E-state index contributed by atoms with van der Waals surface area (Å²) in [6.07, 6.45) is 0. The van der Waals surface area contributed by atoms with Gasteiger partial charge < -0.3 is 8.98 Å². The molecule has 0 saturated heterocycles. The van der Waals surface area contributed by atoms with Crippen molar-refractivity contribution < 1.29 is 4.42 Å². The van der Waals surface area contributed by atoms with Crippen molar-refractivity contribution in [3.05, 3.63) is 218 Å². The number of rotatable bonds is 7. The zero-order valence-corrected chi connectivity index (χ0v) is 33.5. The zero-order chi connectivity index (χ0) is 41.0. The van der Waals surface area contributed by atoms with Crippen molar-refractivity contribution >= 4 is 43.7 Å². The molecule has 290 valence electrons. The Hall–Kier alpha value is -8.41. The van der Waals surface area contributed by atoms with Gasteiger partial charge in [0.15, 0.2) is 17.5 Å². The molecule has 0 unspecified atom stereocenters. The first kappa shape index (κ1) is 35.5. The Kier molecular flexibility index (Phi) is 8.42. The van der Waals surface area contributed by atoms with E-state index in [-0.39, 0.29) is 0 Å². The predicted octanol–water partition coefficient (Wildman–Crippen LogP) is 14.9. The lowest BCUT2D eigenvalue weighted by Crippen LogP contribution is -2.00. The first-order chi connectivity index (χ1) is 30.7. The van der Waals surface area contributed by atoms with Crippen molar-refractivity contribution in [1.29, 1.82) is 0 Å². The smallest absolute Gasteiger partial charge is 0.167 e. The molecule has 0 saturated carbocycles. The fourth-order valence-corrected chi connectivity index (χ4v) is 8.95. The zero-order valence-electron chi connectivity index (χ0n) is 33.5. The lowest BCUT2D eigenvalue weighted by Gasteiger charge is -2.12. The van der Waals surface area contributed by atoms with E-state index < -0.39 is 0 Å². The lowest BCUT2D eigenvalue weighted by molar-refractivity contribution is 0.670. The van der Waals surface area contributed by atoms with Crippen LogP contribution in [0, 0.1) is 0 Å². The van der Waals surface area contributed by atoms with Gasteiger partial charge in [-0.3, -0.25) is 0 Å². The number of fused-ring (bicyclic) bond motifs is 6. The van der Waals surface area contributed by atoms with Gasteiger partial charge in [0.05, 0.1) is 16.6 Å². The number of nitrogens with zero attached hydrogens (tertiary/aromatic N) is 4. The van der Waals surface area contributed by atoms with Crippen LogP contribution in [0.15, 0.2) is 223 Å². The van der Waals surface area contributed by atoms with Crippen LogP contribution in [-0.4, -0.2) is 19.5 Å². The van der Waals surface area contributed by atoms with Crippen LogP contribution in [0.5, 0.6) is 0 Å². The Morgan fingerprint density at radius 1 is 0.306 bits per heavy atom. The second-order valence-corrected chi connectivity index (χ2v) is 15.6. The van der Waals surface area contributed by atoms with Gasteiger partial charge in [0, 0.05) is 43.9 Å². The van der Waals surface area contributed by atoms with Gasteiger partial charge in [-0.1, -0.05) is 176 Å². The fourth-order valence-electron chi connectivity index (χ4n) is 8.95. The first-order valence-electron chi connectivity index (χ1n) is 20.9. The maximum atomic E-state index is 7.29. The number of hydrogen-bond acceptors (Lipinski definition) is 4. The number of aromatic nitrogens is 4. The van der Waals surface area contributed by atoms with Crippen molar-refractivity contribution in [2.75, 3.05) is 0 Å². The average molecular weight is 793 g/mol. The molecule has 12 aromatic rings. The van der Waals surface area contributed by atoms with E-state index >= 15 is 0 Å². The lowest BCUT2D eigenvalue weighted by atomic mass is 9.92. The monoisotopic (exact) mass is 792 g/mol. The van der Waals surface area contributed by atoms with Crippen LogP contribution >= 0.6 is 0 Å². The Labute approximate surface area is 357 Å². The summed E-state index contributed by atoms with van der Waals surface area (Å²) in [5.41, 5.74) is 14.0. The molecule has 0 radical (unpaired) electrons. The van der Waals surface area contributed by atoms with Crippen LogP contribution in [0.2, 0.25) is 0 Å². The minimum Gasteiger partial charge on any atom is -0.455 e. The molecule has 3 heterocycles. The van der Waals surface area contributed by atoms with E-state index in [0.717, 1.165) is 77.6 Å². The Morgan fingerprint density at radius 2 is 0.839 bits per heavy atom. The molecule has 9 aromatic carbocycles. The van der Waals surface area contributed by atoms with Gasteiger partial charge in [0.2, 0.25) is 0 Å². The molecule has 62 heavy (non-hydrogen) atoms. The number of furan rings is 1. The van der Waals surface area contributed by atoms with Gasteiger partial charge in [-0.15, -0.1) is 0 Å². The average Bonchev–Trinajstić information content (AvgIpc) is 3.91. The Morgan fingerprint density at radius 3 is 1.50 bits per heavy atom. The highest BCUT2D eigenvalue weighted by molar-refractivity contribution is 6.20. The summed E-state index contributed by atoms with van der Waals surface area (Å²) in [6, 6.07) is 76.3. The van der Waals surface area contributed by atoms with Crippen molar-refractivity contribution in [1.82, 2.24) is 19.5 Å². The number of hydrogen-bond donors (Lipinski definition) is 0. The SMILES string of the molecule is c1ccc(-c2cc(-c3ccccc3)c3oc4c(-c5nc(-c6ccccc6)nc(-c6ccccc6)n5)ccc(-c5ccc6c7ccccc7n(-c7ccccc7)c6c5)c4c3c2)cc1. The second-order valence-electron chi connectivity index (χ2n) is 15.6. The molecule has 0 aliphatic rings. The minimum atomic E-state index is 0.539. The summed E-state index contributed by atoms with van der Waals surface area (Å²) < 4.78 is 9.66. The van der Waals surface area contributed by atoms with E-state index in [9.17, 15) is 0 Å². The molecule has 0 N–H and O–H groups in total. The molecule has 12 rings (SSSR count). The van der Waals surface area contributed by atoms with Crippen LogP contribution < -0.4 is 0 Å². The predicted molar refractivity (Wildman–Crippen MR) is 254 cm³/mol. The van der Waals surface area contributed by atoms with Crippen molar-refractivity contribution in [2.45, 2.75) is 0 Å². The van der Waals surface area contributed by atoms with Gasteiger partial charge >= 0.3 is 0 Å². The van der Waals surface area contributed by atoms with E-state index in [1.807, 2.05) is 60.7 Å². The normalized spacial score (nSPS) is 11.5. The molecule has 5 nitrogen and oxygen atoms in total. The summed E-state index contributed by atoms with van der Waals surface area (Å²) in [4.78, 5) is 15.4. The maximum Gasteiger partial charge on any atom is 0.167 e. The highest BCUT2D eigenvalue weighted by Gasteiger charge is 2.24. The molecular formula is C57H36N4O. The van der Waals surface area contributed by atoms with Crippen LogP contribution in [-0.2, 0) is 0 Å². The molecule has 0 amide bonds. The highest BCUT2D eigenvalue weighted by Crippen LogP contribution is 2.47. The van der Waals surface area contributed by atoms with Gasteiger partial charge in [-0.2, -0.15) is 0 Å². The molecule has 0 atom stereocenters. The van der Waals surface area contributed by atoms with E-state index in [0.29, 0.717) is 23.1 Å². The van der Waals surface area contributed by atoms with E-state index in [4.69, 9.17) is 19.4 Å². The Bertz CT molecular complexity index is 3540. The quantitative estimate of drug-likeness (QED) is 0.161. The van der Waals surface area contributed by atoms with Crippen LogP contribution in [0.1, 0.15) is 0 Å². The van der Waals surface area contributed by atoms with E-state index in [1.54, 1.807) is 0 Å². The maximum absolute atomic E-state index is 7.29. The van der Waals surface area contributed by atoms with Gasteiger partial charge in [0.1, 0.15) is 11.2 Å². The molecule has 3 aromatic heterocycles. The Balaban J connectivity index is 1.19. The molecule has 0 spiro atoms. The third-order valence-corrected chi connectivity index (χ3v) is 11.9. The topological polar surface area (TPSA) is 56.7 Å². The summed E-state index contributed by atoms with van der Waals surface area (Å²) in [6.45, 7) is 0. The van der Waals surface area contributed by atoms with Gasteiger partial charge in [-0.25, -0.2) is 15.0 Å². The van der Waals surface area contributed by atoms with E-state index in [2.05, 4.69) is 162 Å². The molecule has 5 heteroatoms. The molecule has 0 aliphatic heterocycles. The minimum absolute atomic E-state index is 0.539. The van der Waals surface area contributed by atoms with Crippen molar-refractivity contribution in [3.8, 4) is 73.2 Å². The molecule has 0 fully saturated rings. The second kappa shape index (κ2) is 14.7. The van der Waals surface area contributed by atoms with Crippen molar-refractivity contribution in [2.24, 2.45) is 0 Å². The third-order valence-electron chi connectivity index (χ3n) is 11.9. The summed E-state index contributed by atoms with van der Waals surface area (Å²) in [7, 11) is 0. The summed E-state index contributed by atoms with van der Waals surface area (Å²) in [5.74, 6) is 1.73.